The zero-order chi connectivity index (χ0) is 47.6. The highest BCUT2D eigenvalue weighted by Crippen LogP contribution is 2.14. The summed E-state index contributed by atoms with van der Waals surface area (Å²) in [4.78, 5) is 109. The Morgan fingerprint density at radius 1 is 0.413 bits per heavy atom. The van der Waals surface area contributed by atoms with Gasteiger partial charge >= 0.3 is 5.97 Å². The van der Waals surface area contributed by atoms with E-state index in [-0.39, 0.29) is 73.5 Å². The topological polar surface area (TPSA) is 221 Å². The number of unbranched alkanes of at least 4 members (excludes halogenated alkanes) is 8. The fraction of sp³-hybridized carbons (Fsp3) is 0.822. The molecule has 18 nitrogen and oxygen atoms in total. The Balaban J connectivity index is 5.44. The molecule has 63 heavy (non-hydrogen) atoms. The molecule has 0 unspecified atom stereocenters. The van der Waals surface area contributed by atoms with Crippen LogP contribution in [-0.4, -0.2) is 198 Å². The molecule has 5 amide bonds. The number of carbonyl (C=O) groups is 8. The Morgan fingerprint density at radius 3 is 1.14 bits per heavy atom. The van der Waals surface area contributed by atoms with E-state index in [1.54, 1.807) is 52.7 Å². The molecule has 0 saturated heterocycles. The van der Waals surface area contributed by atoms with Gasteiger partial charge in [0.25, 0.3) is 0 Å². The van der Waals surface area contributed by atoms with Crippen LogP contribution in [0.15, 0.2) is 0 Å². The van der Waals surface area contributed by atoms with E-state index in [2.05, 4.69) is 21.3 Å². The van der Waals surface area contributed by atoms with E-state index in [9.17, 15) is 38.4 Å². The molecule has 364 valence electrons. The van der Waals surface area contributed by atoms with Gasteiger partial charge in [0.2, 0.25) is 29.5 Å². The van der Waals surface area contributed by atoms with Gasteiger partial charge in [-0.3, -0.25) is 38.4 Å². The lowest BCUT2D eigenvalue weighted by Gasteiger charge is -2.24. The molecule has 0 fully saturated rings. The summed E-state index contributed by atoms with van der Waals surface area (Å²) in [6.07, 6.45) is 10.5. The van der Waals surface area contributed by atoms with Gasteiger partial charge in [0.05, 0.1) is 38.3 Å². The van der Waals surface area contributed by atoms with Crippen LogP contribution < -0.4 is 21.3 Å². The smallest absolute Gasteiger partial charge is 0.303 e. The van der Waals surface area contributed by atoms with E-state index in [0.717, 1.165) is 19.3 Å². The van der Waals surface area contributed by atoms with Crippen LogP contribution in [0.2, 0.25) is 0 Å². The lowest BCUT2D eigenvalue weighted by atomic mass is 10.00. The SMILES string of the molecule is CN(C)CC(=O)NCCCC[C@H](NC(=O)CN(C)C)C(=O)CCCCN(CCCCC(=O)[C@H](CCCCNC(=O)CN(C)C)NC(=O)CN(C)C)C(=O)CCCCCCCC(=O)O. The molecule has 0 bridgehead atoms. The lowest BCUT2D eigenvalue weighted by Crippen LogP contribution is -2.44. The van der Waals surface area contributed by atoms with Gasteiger partial charge in [0.15, 0.2) is 11.6 Å². The Kier molecular flexibility index (Phi) is 34.0. The van der Waals surface area contributed by atoms with Gasteiger partial charge in [-0.05, 0) is 133 Å². The minimum Gasteiger partial charge on any atom is -0.481 e. The molecule has 0 aliphatic carbocycles. The number of aliphatic carboxylic acids is 1. The third kappa shape index (κ3) is 35.1. The number of carboxylic acid groups (broad SMARTS) is 1. The van der Waals surface area contributed by atoms with Gasteiger partial charge in [-0.25, -0.2) is 0 Å². The van der Waals surface area contributed by atoms with Crippen molar-refractivity contribution in [1.82, 2.24) is 45.8 Å². The summed E-state index contributed by atoms with van der Waals surface area (Å²) < 4.78 is 0. The second-order valence-corrected chi connectivity index (χ2v) is 17.8. The van der Waals surface area contributed by atoms with E-state index < -0.39 is 18.1 Å². The van der Waals surface area contributed by atoms with E-state index >= 15 is 0 Å². The van der Waals surface area contributed by atoms with E-state index in [1.165, 1.54) is 0 Å². The van der Waals surface area contributed by atoms with E-state index in [4.69, 9.17) is 5.11 Å². The number of nitrogens with zero attached hydrogens (tertiary/aromatic N) is 5. The summed E-state index contributed by atoms with van der Waals surface area (Å²) in [5.74, 6) is -1.57. The summed E-state index contributed by atoms with van der Waals surface area (Å²) in [6.45, 7) is 2.74. The quantitative estimate of drug-likeness (QED) is 0.0556. The Hall–Kier alpha value is -4.00. The molecule has 0 saturated carbocycles. The first-order valence-electron chi connectivity index (χ1n) is 23.1. The van der Waals surface area contributed by atoms with Crippen LogP contribution in [0.4, 0.5) is 0 Å². The average Bonchev–Trinajstić information content (AvgIpc) is 3.17. The van der Waals surface area contributed by atoms with Crippen LogP contribution in [0.3, 0.4) is 0 Å². The Morgan fingerprint density at radius 2 is 0.762 bits per heavy atom. The number of rotatable bonds is 40. The van der Waals surface area contributed by atoms with Crippen LogP contribution in [0, 0.1) is 0 Å². The van der Waals surface area contributed by atoms with Gasteiger partial charge in [0, 0.05) is 51.9 Å². The van der Waals surface area contributed by atoms with Crippen molar-refractivity contribution in [2.75, 3.05) is 109 Å². The van der Waals surface area contributed by atoms with Crippen molar-refractivity contribution in [2.45, 2.75) is 134 Å². The van der Waals surface area contributed by atoms with Crippen molar-refractivity contribution in [3.8, 4) is 0 Å². The van der Waals surface area contributed by atoms with Crippen molar-refractivity contribution >= 4 is 47.1 Å². The van der Waals surface area contributed by atoms with Crippen molar-refractivity contribution in [3.05, 3.63) is 0 Å². The molecule has 0 aliphatic heterocycles. The first kappa shape index (κ1) is 59.0. The molecule has 0 aromatic carbocycles. The van der Waals surface area contributed by atoms with Crippen molar-refractivity contribution in [1.29, 1.82) is 0 Å². The molecule has 0 aromatic heterocycles. The Bertz CT molecular complexity index is 1280. The fourth-order valence-electron chi connectivity index (χ4n) is 6.92. The molecule has 0 heterocycles. The predicted molar refractivity (Wildman–Crippen MR) is 246 cm³/mol. The third-order valence-corrected chi connectivity index (χ3v) is 10.1. The van der Waals surface area contributed by atoms with Gasteiger partial charge in [0.1, 0.15) is 0 Å². The van der Waals surface area contributed by atoms with E-state index in [1.807, 2.05) is 28.2 Å². The second kappa shape index (κ2) is 36.4. The van der Waals surface area contributed by atoms with Gasteiger partial charge in [-0.2, -0.15) is 0 Å². The minimum atomic E-state index is -0.811. The van der Waals surface area contributed by atoms with Gasteiger partial charge in [-0.15, -0.1) is 0 Å². The number of likely N-dealkylation sites (N-methyl/N-ethyl adjacent to an activating group) is 4. The van der Waals surface area contributed by atoms with Crippen molar-refractivity contribution in [3.63, 3.8) is 0 Å². The standard InChI is InChI=1S/C45H85N9O9/c1-50(2)32-40(57)46-28-18-14-22-36(48-42(59)34-52(5)6)38(55)24-16-20-30-54(44(61)26-12-10-9-11-13-27-45(62)63)31-21-17-25-39(56)37(49-43(60)35-53(7)8)23-15-19-29-47-41(58)33-51(3)4/h36-37H,9-35H2,1-8H3,(H,46,57)(H,47,58)(H,48,59)(H,49,60)(H,62,63)/t36-,37-/m0/s1. The van der Waals surface area contributed by atoms with Crippen LogP contribution >= 0.6 is 0 Å². The van der Waals surface area contributed by atoms with Crippen molar-refractivity contribution in [2.24, 2.45) is 0 Å². The summed E-state index contributed by atoms with van der Waals surface area (Å²) in [7, 11) is 14.4. The highest BCUT2D eigenvalue weighted by atomic mass is 16.4. The average molecular weight is 896 g/mol. The number of nitrogens with one attached hydrogen (secondary N) is 4. The van der Waals surface area contributed by atoms with E-state index in [0.29, 0.717) is 123 Å². The third-order valence-electron chi connectivity index (χ3n) is 10.1. The monoisotopic (exact) mass is 896 g/mol. The molecule has 5 N–H and O–H groups in total. The fourth-order valence-corrected chi connectivity index (χ4v) is 6.92. The number of amides is 5. The zero-order valence-corrected chi connectivity index (χ0v) is 40.2. The number of hydrogen-bond acceptors (Lipinski definition) is 12. The lowest BCUT2D eigenvalue weighted by molar-refractivity contribution is -0.137. The molecule has 0 aromatic rings. The number of Topliss-reactive ketones (excluding diaryl/α,β-unsaturated/α-hetero) is 2. The molecule has 2 atom stereocenters. The summed E-state index contributed by atoms with van der Waals surface area (Å²) in [6, 6.07) is -1.29. The van der Waals surface area contributed by atoms with Crippen LogP contribution in [0.5, 0.6) is 0 Å². The molecular formula is C45H85N9O9. The minimum absolute atomic E-state index is 0.00353. The molecule has 0 spiro atoms. The van der Waals surface area contributed by atoms with Crippen LogP contribution in [-0.2, 0) is 38.4 Å². The highest BCUT2D eigenvalue weighted by molar-refractivity contribution is 5.90. The number of ketones is 2. The predicted octanol–water partition coefficient (Wildman–Crippen LogP) is 1.90. The van der Waals surface area contributed by atoms with Crippen molar-refractivity contribution < 1.29 is 43.5 Å². The van der Waals surface area contributed by atoms with Crippen LogP contribution in [0.25, 0.3) is 0 Å². The second-order valence-electron chi connectivity index (χ2n) is 17.8. The Labute approximate surface area is 378 Å². The summed E-state index contributed by atoms with van der Waals surface area (Å²) in [5, 5.41) is 20.4. The summed E-state index contributed by atoms with van der Waals surface area (Å²) in [5.41, 5.74) is 0. The van der Waals surface area contributed by atoms with Gasteiger partial charge < -0.3 is 50.9 Å². The molecule has 0 rings (SSSR count). The highest BCUT2D eigenvalue weighted by Gasteiger charge is 2.23. The molecule has 0 radical (unpaired) electrons. The normalized spacial score (nSPS) is 12.3. The first-order chi connectivity index (χ1) is 29.8. The maximum atomic E-state index is 13.5. The number of hydrogen-bond donors (Lipinski definition) is 5. The van der Waals surface area contributed by atoms with Crippen LogP contribution in [0.1, 0.15) is 122 Å². The first-order valence-corrected chi connectivity index (χ1v) is 23.1. The summed E-state index contributed by atoms with van der Waals surface area (Å²) >= 11 is 0. The maximum Gasteiger partial charge on any atom is 0.303 e. The molecular weight excluding hydrogens is 811 g/mol. The number of carboxylic acids is 1. The van der Waals surface area contributed by atoms with Gasteiger partial charge in [-0.1, -0.05) is 19.3 Å². The largest absolute Gasteiger partial charge is 0.481 e. The molecule has 18 heteroatoms. The maximum absolute atomic E-state index is 13.5. The number of carbonyl (C=O) groups excluding carboxylic acids is 7. The molecule has 0 aliphatic rings. The zero-order valence-electron chi connectivity index (χ0n) is 40.2.